The molecular weight excluding hydrogens is 221 g/mol. The number of rotatable bonds is 1. The van der Waals surface area contributed by atoms with Crippen LogP contribution in [0.25, 0.3) is 0 Å². The number of carbonyl (C=O) groups excluding carboxylic acids is 1. The second kappa shape index (κ2) is 4.02. The molecule has 3 nitrogen and oxygen atoms in total. The molecule has 0 spiro atoms. The van der Waals surface area contributed by atoms with Gasteiger partial charge in [-0.25, -0.2) is 9.18 Å². The van der Waals surface area contributed by atoms with Gasteiger partial charge in [0, 0.05) is 6.54 Å². The van der Waals surface area contributed by atoms with Crippen LogP contribution in [0.2, 0.25) is 0 Å². The lowest BCUT2D eigenvalue weighted by molar-refractivity contribution is 0.130. The lowest BCUT2D eigenvalue weighted by atomic mass is 9.94. The Hall–Kier alpha value is -1.58. The maximum absolute atomic E-state index is 12.9. The minimum absolute atomic E-state index is 0.127. The van der Waals surface area contributed by atoms with E-state index in [1.54, 1.807) is 17.0 Å². The van der Waals surface area contributed by atoms with E-state index in [-0.39, 0.29) is 24.1 Å². The number of piperidine rings is 1. The van der Waals surface area contributed by atoms with E-state index < -0.39 is 0 Å². The van der Waals surface area contributed by atoms with Crippen molar-refractivity contribution in [2.45, 2.75) is 31.4 Å². The van der Waals surface area contributed by atoms with Crippen molar-refractivity contribution in [3.05, 3.63) is 35.6 Å². The molecule has 3 rings (SSSR count). The van der Waals surface area contributed by atoms with Crippen LogP contribution in [0.3, 0.4) is 0 Å². The highest BCUT2D eigenvalue weighted by molar-refractivity contribution is 5.71. The number of halogens is 1. The zero-order chi connectivity index (χ0) is 11.8. The number of benzene rings is 1. The highest BCUT2D eigenvalue weighted by Gasteiger charge is 2.43. The summed E-state index contributed by atoms with van der Waals surface area (Å²) >= 11 is 0. The average Bonchev–Trinajstić information content (AvgIpc) is 2.69. The van der Waals surface area contributed by atoms with Crippen molar-refractivity contribution in [1.82, 2.24) is 4.90 Å². The highest BCUT2D eigenvalue weighted by atomic mass is 19.1. The second-order valence-corrected chi connectivity index (χ2v) is 4.61. The Morgan fingerprint density at radius 2 is 2.00 bits per heavy atom. The van der Waals surface area contributed by atoms with Crippen LogP contribution in [0.5, 0.6) is 0 Å². The number of fused-ring (bicyclic) bond motifs is 1. The topological polar surface area (TPSA) is 29.5 Å². The summed E-state index contributed by atoms with van der Waals surface area (Å²) in [5, 5.41) is 0. The molecule has 0 aromatic heterocycles. The maximum Gasteiger partial charge on any atom is 0.410 e. The van der Waals surface area contributed by atoms with Gasteiger partial charge < -0.3 is 9.64 Å². The SMILES string of the molecule is O=C1O[C@@H](c2ccc(F)cc2)[C@@H]2CCCCN12. The van der Waals surface area contributed by atoms with E-state index in [0.717, 1.165) is 31.4 Å². The van der Waals surface area contributed by atoms with E-state index in [1.807, 2.05) is 0 Å². The third-order valence-electron chi connectivity index (χ3n) is 3.56. The lowest BCUT2D eigenvalue weighted by Gasteiger charge is -2.28. The molecule has 0 N–H and O–H groups in total. The van der Waals surface area contributed by atoms with Crippen molar-refractivity contribution in [3.8, 4) is 0 Å². The predicted molar refractivity (Wildman–Crippen MR) is 60.0 cm³/mol. The molecule has 2 saturated heterocycles. The summed E-state index contributed by atoms with van der Waals surface area (Å²) in [5.74, 6) is -0.265. The van der Waals surface area contributed by atoms with Crippen LogP contribution < -0.4 is 0 Å². The fourth-order valence-electron chi connectivity index (χ4n) is 2.70. The van der Waals surface area contributed by atoms with Crippen molar-refractivity contribution in [3.63, 3.8) is 0 Å². The van der Waals surface area contributed by atoms with Gasteiger partial charge >= 0.3 is 6.09 Å². The molecule has 0 radical (unpaired) electrons. The summed E-state index contributed by atoms with van der Waals surface area (Å²) in [5.41, 5.74) is 0.883. The van der Waals surface area contributed by atoms with Crippen molar-refractivity contribution >= 4 is 6.09 Å². The molecule has 2 heterocycles. The summed E-state index contributed by atoms with van der Waals surface area (Å²) in [6.45, 7) is 0.779. The molecule has 2 aliphatic rings. The smallest absolute Gasteiger partial charge is 0.410 e. The van der Waals surface area contributed by atoms with Crippen molar-refractivity contribution < 1.29 is 13.9 Å². The fourth-order valence-corrected chi connectivity index (χ4v) is 2.70. The number of hydrogen-bond acceptors (Lipinski definition) is 2. The normalized spacial score (nSPS) is 27.8. The van der Waals surface area contributed by atoms with Crippen LogP contribution in [0.4, 0.5) is 9.18 Å². The molecule has 17 heavy (non-hydrogen) atoms. The van der Waals surface area contributed by atoms with Crippen molar-refractivity contribution in [2.75, 3.05) is 6.54 Å². The van der Waals surface area contributed by atoms with E-state index >= 15 is 0 Å². The second-order valence-electron chi connectivity index (χ2n) is 4.61. The Balaban J connectivity index is 1.88. The number of nitrogens with zero attached hydrogens (tertiary/aromatic N) is 1. The monoisotopic (exact) mass is 235 g/mol. The summed E-state index contributed by atoms with van der Waals surface area (Å²) in [6, 6.07) is 6.35. The van der Waals surface area contributed by atoms with Gasteiger partial charge in [0.25, 0.3) is 0 Å². The molecule has 0 unspecified atom stereocenters. The molecule has 1 aromatic rings. The van der Waals surface area contributed by atoms with E-state index in [4.69, 9.17) is 4.74 Å². The number of ether oxygens (including phenoxy) is 1. The van der Waals surface area contributed by atoms with Gasteiger partial charge in [-0.1, -0.05) is 12.1 Å². The van der Waals surface area contributed by atoms with Gasteiger partial charge in [-0.05, 0) is 37.0 Å². The van der Waals surface area contributed by atoms with Crippen LogP contribution in [0, 0.1) is 5.82 Å². The van der Waals surface area contributed by atoms with E-state index in [2.05, 4.69) is 0 Å². The lowest BCUT2D eigenvalue weighted by Crippen LogP contribution is -2.38. The standard InChI is InChI=1S/C13H14FNO2/c14-10-6-4-9(5-7-10)12-11-3-1-2-8-15(11)13(16)17-12/h4-7,11-12H,1-3,8H2/t11-,12-/m0/s1. The number of amides is 1. The summed E-state index contributed by atoms with van der Waals surface area (Å²) in [6.07, 6.45) is 2.66. The van der Waals surface area contributed by atoms with Crippen LogP contribution >= 0.6 is 0 Å². The van der Waals surface area contributed by atoms with Gasteiger partial charge in [-0.15, -0.1) is 0 Å². The largest absolute Gasteiger partial charge is 0.439 e. The van der Waals surface area contributed by atoms with Crippen molar-refractivity contribution in [1.29, 1.82) is 0 Å². The molecule has 1 amide bonds. The zero-order valence-electron chi connectivity index (χ0n) is 9.43. The Kier molecular flexibility index (Phi) is 2.50. The van der Waals surface area contributed by atoms with Gasteiger partial charge in [0.05, 0.1) is 6.04 Å². The average molecular weight is 235 g/mol. The summed E-state index contributed by atoms with van der Waals surface area (Å²) in [4.78, 5) is 13.5. The summed E-state index contributed by atoms with van der Waals surface area (Å²) in [7, 11) is 0. The van der Waals surface area contributed by atoms with E-state index in [9.17, 15) is 9.18 Å². The Morgan fingerprint density at radius 1 is 1.24 bits per heavy atom. The molecule has 4 heteroatoms. The molecule has 0 bridgehead atoms. The molecule has 0 aliphatic carbocycles. The molecule has 1 aromatic carbocycles. The van der Waals surface area contributed by atoms with Gasteiger partial charge in [-0.2, -0.15) is 0 Å². The molecule has 2 atom stereocenters. The highest BCUT2D eigenvalue weighted by Crippen LogP contribution is 2.37. The summed E-state index contributed by atoms with van der Waals surface area (Å²) < 4.78 is 18.3. The fraction of sp³-hybridized carbons (Fsp3) is 0.462. The molecule has 2 fully saturated rings. The van der Waals surface area contributed by atoms with Gasteiger partial charge in [-0.3, -0.25) is 0 Å². The quantitative estimate of drug-likeness (QED) is 0.749. The predicted octanol–water partition coefficient (Wildman–Crippen LogP) is 2.87. The van der Waals surface area contributed by atoms with E-state index in [1.165, 1.54) is 12.1 Å². The third kappa shape index (κ3) is 1.77. The third-order valence-corrected chi connectivity index (χ3v) is 3.56. The van der Waals surface area contributed by atoms with Crippen LogP contribution in [0.15, 0.2) is 24.3 Å². The van der Waals surface area contributed by atoms with Crippen LogP contribution in [-0.2, 0) is 4.74 Å². The molecule has 0 saturated carbocycles. The van der Waals surface area contributed by atoms with Crippen LogP contribution in [0.1, 0.15) is 30.9 Å². The number of hydrogen-bond donors (Lipinski definition) is 0. The maximum atomic E-state index is 12.9. The zero-order valence-corrected chi connectivity index (χ0v) is 9.43. The van der Waals surface area contributed by atoms with Crippen molar-refractivity contribution in [2.24, 2.45) is 0 Å². The first-order chi connectivity index (χ1) is 8.25. The Morgan fingerprint density at radius 3 is 2.76 bits per heavy atom. The number of carbonyl (C=O) groups is 1. The Labute approximate surface area is 99.2 Å². The number of cyclic esters (lactones) is 1. The van der Waals surface area contributed by atoms with Gasteiger partial charge in [0.2, 0.25) is 0 Å². The first-order valence-electron chi connectivity index (χ1n) is 5.98. The first-order valence-corrected chi connectivity index (χ1v) is 5.98. The molecule has 90 valence electrons. The minimum atomic E-state index is -0.265. The van der Waals surface area contributed by atoms with Gasteiger partial charge in [0.1, 0.15) is 11.9 Å². The molecular formula is C13H14FNO2. The Bertz CT molecular complexity index is 432. The molecule has 2 aliphatic heterocycles. The van der Waals surface area contributed by atoms with Gasteiger partial charge in [0.15, 0.2) is 0 Å². The first kappa shape index (κ1) is 10.6. The van der Waals surface area contributed by atoms with Crippen LogP contribution in [-0.4, -0.2) is 23.6 Å². The minimum Gasteiger partial charge on any atom is -0.439 e. The van der Waals surface area contributed by atoms with E-state index in [0.29, 0.717) is 0 Å².